The second-order valence-corrected chi connectivity index (χ2v) is 7.13. The van der Waals surface area contributed by atoms with Gasteiger partial charge in [-0.3, -0.25) is 14.7 Å². The van der Waals surface area contributed by atoms with Gasteiger partial charge in [-0.05, 0) is 60.7 Å². The van der Waals surface area contributed by atoms with Crippen LogP contribution in [0.1, 0.15) is 10.4 Å². The Kier molecular flexibility index (Phi) is 6.50. The normalized spacial score (nSPS) is 10.8. The molecule has 0 atom stereocenters. The number of aromatic nitrogens is 3. The number of hydrogen-bond donors (Lipinski definition) is 1. The monoisotopic (exact) mass is 470 g/mol. The van der Waals surface area contributed by atoms with Crippen molar-refractivity contribution in [1.82, 2.24) is 14.5 Å². The van der Waals surface area contributed by atoms with Crippen molar-refractivity contribution in [3.05, 3.63) is 83.8 Å². The SMILES string of the molecule is COc1ccc(-n2cc(-c3ccnc(Cl)c3)nc2NC(=O)c2ccc(OC(F)F)cc2)cc1. The van der Waals surface area contributed by atoms with Gasteiger partial charge in [0.15, 0.2) is 0 Å². The second kappa shape index (κ2) is 9.66. The summed E-state index contributed by atoms with van der Waals surface area (Å²) < 4.78 is 35.9. The van der Waals surface area contributed by atoms with Crippen LogP contribution in [-0.2, 0) is 0 Å². The zero-order chi connectivity index (χ0) is 23.4. The van der Waals surface area contributed by atoms with Crippen LogP contribution in [0, 0.1) is 0 Å². The molecule has 0 spiro atoms. The van der Waals surface area contributed by atoms with Crippen LogP contribution in [-0.4, -0.2) is 34.2 Å². The second-order valence-electron chi connectivity index (χ2n) is 6.74. The molecular weight excluding hydrogens is 454 g/mol. The number of pyridine rings is 1. The number of ether oxygens (including phenoxy) is 2. The van der Waals surface area contributed by atoms with Crippen molar-refractivity contribution in [3.8, 4) is 28.4 Å². The minimum absolute atomic E-state index is 0.0434. The number of benzene rings is 2. The number of carbonyl (C=O) groups excluding carboxylic acids is 1. The molecule has 10 heteroatoms. The van der Waals surface area contributed by atoms with Gasteiger partial charge in [-0.1, -0.05) is 11.6 Å². The highest BCUT2D eigenvalue weighted by molar-refractivity contribution is 6.29. The molecule has 4 aromatic rings. The molecule has 2 heterocycles. The van der Waals surface area contributed by atoms with Crippen LogP contribution in [0.5, 0.6) is 11.5 Å². The van der Waals surface area contributed by atoms with E-state index in [9.17, 15) is 13.6 Å². The fourth-order valence-corrected chi connectivity index (χ4v) is 3.24. The van der Waals surface area contributed by atoms with Gasteiger partial charge in [0, 0.05) is 29.2 Å². The molecule has 7 nitrogen and oxygen atoms in total. The van der Waals surface area contributed by atoms with E-state index in [1.54, 1.807) is 48.3 Å². The molecule has 0 unspecified atom stereocenters. The lowest BCUT2D eigenvalue weighted by Crippen LogP contribution is -2.15. The number of rotatable bonds is 7. The van der Waals surface area contributed by atoms with Gasteiger partial charge < -0.3 is 9.47 Å². The summed E-state index contributed by atoms with van der Waals surface area (Å²) in [6, 6.07) is 16.0. The third-order valence-electron chi connectivity index (χ3n) is 4.65. The third kappa shape index (κ3) is 5.27. The molecule has 0 radical (unpaired) electrons. The largest absolute Gasteiger partial charge is 0.497 e. The predicted octanol–water partition coefficient (Wildman–Crippen LogP) is 5.45. The summed E-state index contributed by atoms with van der Waals surface area (Å²) in [5.74, 6) is 0.411. The van der Waals surface area contributed by atoms with E-state index in [1.807, 2.05) is 12.1 Å². The zero-order valence-electron chi connectivity index (χ0n) is 17.2. The van der Waals surface area contributed by atoms with Crippen LogP contribution in [0.25, 0.3) is 16.9 Å². The highest BCUT2D eigenvalue weighted by Crippen LogP contribution is 2.27. The summed E-state index contributed by atoms with van der Waals surface area (Å²) in [6.07, 6.45) is 3.31. The van der Waals surface area contributed by atoms with E-state index in [4.69, 9.17) is 16.3 Å². The van der Waals surface area contributed by atoms with Crippen molar-refractivity contribution in [3.63, 3.8) is 0 Å². The van der Waals surface area contributed by atoms with Gasteiger partial charge in [-0.15, -0.1) is 0 Å². The molecule has 0 saturated heterocycles. The summed E-state index contributed by atoms with van der Waals surface area (Å²) in [6.45, 7) is -2.94. The number of nitrogens with one attached hydrogen (secondary N) is 1. The molecular formula is C23H17ClF2N4O3. The summed E-state index contributed by atoms with van der Waals surface area (Å²) in [5.41, 5.74) is 2.25. The first kappa shape index (κ1) is 22.2. The van der Waals surface area contributed by atoms with Crippen molar-refractivity contribution in [2.24, 2.45) is 0 Å². The Labute approximate surface area is 192 Å². The molecule has 168 valence electrons. The first-order chi connectivity index (χ1) is 15.9. The molecule has 0 fully saturated rings. The number of carbonyl (C=O) groups is 1. The molecule has 0 bridgehead atoms. The zero-order valence-corrected chi connectivity index (χ0v) is 18.0. The average molecular weight is 471 g/mol. The number of nitrogens with zero attached hydrogens (tertiary/aromatic N) is 3. The molecule has 33 heavy (non-hydrogen) atoms. The molecule has 2 aromatic carbocycles. The van der Waals surface area contributed by atoms with E-state index in [1.165, 1.54) is 24.3 Å². The molecule has 0 aliphatic carbocycles. The Hall–Kier alpha value is -3.98. The fraction of sp³-hybridized carbons (Fsp3) is 0.0870. The van der Waals surface area contributed by atoms with Gasteiger partial charge in [0.05, 0.1) is 12.8 Å². The number of imidazole rings is 1. The van der Waals surface area contributed by atoms with E-state index in [0.29, 0.717) is 22.2 Å². The lowest BCUT2D eigenvalue weighted by atomic mass is 10.2. The lowest BCUT2D eigenvalue weighted by Gasteiger charge is -2.10. The fourth-order valence-electron chi connectivity index (χ4n) is 3.07. The summed E-state index contributed by atoms with van der Waals surface area (Å²) in [7, 11) is 1.57. The number of anilines is 1. The smallest absolute Gasteiger partial charge is 0.387 e. The van der Waals surface area contributed by atoms with Crippen LogP contribution >= 0.6 is 11.6 Å². The molecule has 4 rings (SSSR count). The third-order valence-corrected chi connectivity index (χ3v) is 4.85. The number of alkyl halides is 2. The highest BCUT2D eigenvalue weighted by Gasteiger charge is 2.16. The quantitative estimate of drug-likeness (QED) is 0.363. The Bertz CT molecular complexity index is 1260. The Morgan fingerprint density at radius 1 is 1.06 bits per heavy atom. The maximum Gasteiger partial charge on any atom is 0.387 e. The molecule has 1 N–H and O–H groups in total. The van der Waals surface area contributed by atoms with Crippen LogP contribution in [0.3, 0.4) is 0 Å². The van der Waals surface area contributed by atoms with Gasteiger partial charge in [0.2, 0.25) is 5.95 Å². The summed E-state index contributed by atoms with van der Waals surface area (Å²) >= 11 is 6.01. The van der Waals surface area contributed by atoms with E-state index in [0.717, 1.165) is 5.69 Å². The summed E-state index contributed by atoms with van der Waals surface area (Å²) in [5, 5.41) is 3.07. The van der Waals surface area contributed by atoms with Gasteiger partial charge in [0.25, 0.3) is 5.91 Å². The van der Waals surface area contributed by atoms with Gasteiger partial charge in [-0.2, -0.15) is 8.78 Å². The molecule has 0 aliphatic heterocycles. The van der Waals surface area contributed by atoms with Gasteiger partial charge >= 0.3 is 6.61 Å². The van der Waals surface area contributed by atoms with Crippen LogP contribution in [0.2, 0.25) is 5.15 Å². The minimum Gasteiger partial charge on any atom is -0.497 e. The van der Waals surface area contributed by atoms with Crippen LogP contribution in [0.4, 0.5) is 14.7 Å². The Morgan fingerprint density at radius 3 is 2.39 bits per heavy atom. The molecule has 0 aliphatic rings. The van der Waals surface area contributed by atoms with Crippen molar-refractivity contribution in [1.29, 1.82) is 0 Å². The first-order valence-corrected chi connectivity index (χ1v) is 10.0. The minimum atomic E-state index is -2.94. The number of methoxy groups -OCH3 is 1. The van der Waals surface area contributed by atoms with Gasteiger partial charge in [0.1, 0.15) is 16.7 Å². The molecule has 1 amide bonds. The summed E-state index contributed by atoms with van der Waals surface area (Å²) in [4.78, 5) is 21.4. The van der Waals surface area contributed by atoms with Crippen molar-refractivity contribution < 1.29 is 23.0 Å². The first-order valence-electron chi connectivity index (χ1n) is 9.65. The molecule has 0 saturated carbocycles. The van der Waals surface area contributed by atoms with E-state index >= 15 is 0 Å². The van der Waals surface area contributed by atoms with Crippen LogP contribution < -0.4 is 14.8 Å². The molecule has 2 aromatic heterocycles. The van der Waals surface area contributed by atoms with E-state index in [-0.39, 0.29) is 17.3 Å². The van der Waals surface area contributed by atoms with E-state index < -0.39 is 12.5 Å². The number of halogens is 3. The highest BCUT2D eigenvalue weighted by atomic mass is 35.5. The standard InChI is InChI=1S/C23H17ClF2N4O3/c1-32-17-8-4-16(5-9-17)30-13-19(15-10-11-27-20(24)12-15)28-23(30)29-21(31)14-2-6-18(7-3-14)33-22(25)26/h2-13,22H,1H3,(H,28,29,31). The maximum absolute atomic E-state index is 12.8. The van der Waals surface area contributed by atoms with E-state index in [2.05, 4.69) is 20.0 Å². The predicted molar refractivity (Wildman–Crippen MR) is 119 cm³/mol. The number of amides is 1. The topological polar surface area (TPSA) is 78.3 Å². The van der Waals surface area contributed by atoms with Crippen molar-refractivity contribution in [2.45, 2.75) is 6.61 Å². The average Bonchev–Trinajstić information content (AvgIpc) is 3.23. The maximum atomic E-state index is 12.8. The lowest BCUT2D eigenvalue weighted by molar-refractivity contribution is -0.0498. The van der Waals surface area contributed by atoms with Crippen LogP contribution in [0.15, 0.2) is 73.1 Å². The van der Waals surface area contributed by atoms with Gasteiger partial charge in [-0.25, -0.2) is 9.97 Å². The van der Waals surface area contributed by atoms with Crippen molar-refractivity contribution >= 4 is 23.5 Å². The Balaban J connectivity index is 1.67. The Morgan fingerprint density at radius 2 is 1.76 bits per heavy atom. The van der Waals surface area contributed by atoms with Crippen molar-refractivity contribution in [2.75, 3.05) is 12.4 Å². The number of hydrogen-bond acceptors (Lipinski definition) is 5.